The lowest BCUT2D eigenvalue weighted by Crippen LogP contribution is -1.85. The van der Waals surface area contributed by atoms with Crippen LogP contribution in [0.15, 0.2) is 127 Å². The summed E-state index contributed by atoms with van der Waals surface area (Å²) in [6.07, 6.45) is 0. The summed E-state index contributed by atoms with van der Waals surface area (Å²) in [4.78, 5) is 0. The van der Waals surface area contributed by atoms with E-state index in [-0.39, 0.29) is 0 Å². The second kappa shape index (κ2) is 8.95. The molecule has 0 atom stereocenters. The lowest BCUT2D eigenvalue weighted by Gasteiger charge is -2.10. The monoisotopic (exact) mass is 412 g/mol. The fourth-order valence-corrected chi connectivity index (χ4v) is 3.92. The quantitative estimate of drug-likeness (QED) is 0.280. The summed E-state index contributed by atoms with van der Waals surface area (Å²) in [5.41, 5.74) is 8.54. The Kier molecular flexibility index (Phi) is 5.55. The predicted molar refractivity (Wildman–Crippen MR) is 134 cm³/mol. The minimum Gasteiger partial charge on any atom is -0.457 e. The van der Waals surface area contributed by atoms with Gasteiger partial charge < -0.3 is 4.74 Å². The Morgan fingerprint density at radius 1 is 0.375 bits per heavy atom. The molecule has 154 valence electrons. The Morgan fingerprint density at radius 3 is 1.41 bits per heavy atom. The van der Waals surface area contributed by atoms with Crippen LogP contribution in [-0.4, -0.2) is 0 Å². The van der Waals surface area contributed by atoms with Crippen LogP contribution in [0.5, 0.6) is 11.5 Å². The summed E-state index contributed by atoms with van der Waals surface area (Å²) >= 11 is 0. The minimum atomic E-state index is 0.835. The molecule has 32 heavy (non-hydrogen) atoms. The van der Waals surface area contributed by atoms with E-state index in [0.29, 0.717) is 0 Å². The molecule has 0 fully saturated rings. The number of benzene rings is 5. The molecule has 0 aliphatic carbocycles. The third-order valence-corrected chi connectivity index (χ3v) is 5.58. The number of para-hydroxylation sites is 1. The second-order valence-electron chi connectivity index (χ2n) is 7.97. The van der Waals surface area contributed by atoms with Crippen LogP contribution in [0.2, 0.25) is 0 Å². The van der Waals surface area contributed by atoms with Gasteiger partial charge in [0.05, 0.1) is 0 Å². The van der Waals surface area contributed by atoms with Crippen LogP contribution in [0.4, 0.5) is 0 Å². The van der Waals surface area contributed by atoms with Crippen molar-refractivity contribution in [1.29, 1.82) is 0 Å². The van der Waals surface area contributed by atoms with Gasteiger partial charge in [-0.2, -0.15) is 0 Å². The van der Waals surface area contributed by atoms with E-state index in [4.69, 9.17) is 4.74 Å². The van der Waals surface area contributed by atoms with Gasteiger partial charge in [0.25, 0.3) is 0 Å². The van der Waals surface area contributed by atoms with Crippen molar-refractivity contribution < 1.29 is 4.74 Å². The zero-order valence-corrected chi connectivity index (χ0v) is 18.0. The second-order valence-corrected chi connectivity index (χ2v) is 7.97. The lowest BCUT2D eigenvalue weighted by molar-refractivity contribution is 0.483. The van der Waals surface area contributed by atoms with Crippen molar-refractivity contribution in [2.45, 2.75) is 6.92 Å². The standard InChI is InChI=1S/C31H24O/c1-23-8-5-9-25(20-23)27-11-7-13-29(22-27)28-12-6-10-26(21-28)24-16-18-31(19-17-24)32-30-14-3-2-4-15-30/h2-22H,1H3. The molecule has 1 heteroatoms. The third-order valence-electron chi connectivity index (χ3n) is 5.58. The molecule has 0 unspecified atom stereocenters. The molecule has 0 spiro atoms. The van der Waals surface area contributed by atoms with Crippen molar-refractivity contribution in [3.05, 3.63) is 133 Å². The first kappa shape index (κ1) is 19.8. The van der Waals surface area contributed by atoms with Crippen LogP contribution in [0.3, 0.4) is 0 Å². The van der Waals surface area contributed by atoms with E-state index in [9.17, 15) is 0 Å². The highest BCUT2D eigenvalue weighted by Gasteiger charge is 2.05. The predicted octanol–water partition coefficient (Wildman–Crippen LogP) is 8.79. The molecule has 0 heterocycles. The first-order valence-corrected chi connectivity index (χ1v) is 10.9. The van der Waals surface area contributed by atoms with Crippen LogP contribution in [-0.2, 0) is 0 Å². The van der Waals surface area contributed by atoms with Crippen molar-refractivity contribution >= 4 is 0 Å². The molecule has 0 amide bonds. The van der Waals surface area contributed by atoms with Gasteiger partial charge >= 0.3 is 0 Å². The SMILES string of the molecule is Cc1cccc(-c2cccc(-c3cccc(-c4ccc(Oc5ccccc5)cc4)c3)c2)c1. The van der Waals surface area contributed by atoms with Gasteiger partial charge in [-0.3, -0.25) is 0 Å². The molecule has 0 saturated carbocycles. The average Bonchev–Trinajstić information content (AvgIpc) is 2.85. The van der Waals surface area contributed by atoms with Crippen molar-refractivity contribution in [3.8, 4) is 44.9 Å². The Hall–Kier alpha value is -4.10. The highest BCUT2D eigenvalue weighted by atomic mass is 16.5. The molecule has 5 aromatic rings. The van der Waals surface area contributed by atoms with E-state index in [1.807, 2.05) is 42.5 Å². The van der Waals surface area contributed by atoms with E-state index in [0.717, 1.165) is 11.5 Å². The maximum Gasteiger partial charge on any atom is 0.127 e. The minimum absolute atomic E-state index is 0.835. The van der Waals surface area contributed by atoms with Crippen molar-refractivity contribution in [2.24, 2.45) is 0 Å². The maximum atomic E-state index is 5.93. The molecule has 0 aliphatic heterocycles. The Bertz CT molecular complexity index is 1330. The van der Waals surface area contributed by atoms with Crippen LogP contribution in [0.25, 0.3) is 33.4 Å². The third kappa shape index (κ3) is 4.48. The van der Waals surface area contributed by atoms with Gasteiger partial charge in [0, 0.05) is 0 Å². The van der Waals surface area contributed by atoms with Gasteiger partial charge in [-0.15, -0.1) is 0 Å². The van der Waals surface area contributed by atoms with Crippen LogP contribution in [0.1, 0.15) is 5.56 Å². The molecule has 0 bridgehead atoms. The number of ether oxygens (including phenoxy) is 1. The summed E-state index contributed by atoms with van der Waals surface area (Å²) in [5.74, 6) is 1.68. The molecule has 5 rings (SSSR count). The zero-order valence-electron chi connectivity index (χ0n) is 18.0. The average molecular weight is 413 g/mol. The van der Waals surface area contributed by atoms with E-state index in [1.54, 1.807) is 0 Å². The number of rotatable bonds is 5. The smallest absolute Gasteiger partial charge is 0.127 e. The number of hydrogen-bond donors (Lipinski definition) is 0. The van der Waals surface area contributed by atoms with Crippen LogP contribution < -0.4 is 4.74 Å². The van der Waals surface area contributed by atoms with Crippen molar-refractivity contribution in [3.63, 3.8) is 0 Å². The molecule has 0 N–H and O–H groups in total. The van der Waals surface area contributed by atoms with Gasteiger partial charge in [0.2, 0.25) is 0 Å². The fourth-order valence-electron chi connectivity index (χ4n) is 3.92. The normalized spacial score (nSPS) is 10.7. The van der Waals surface area contributed by atoms with Gasteiger partial charge in [-0.1, -0.05) is 96.6 Å². The Morgan fingerprint density at radius 2 is 0.844 bits per heavy atom. The van der Waals surface area contributed by atoms with Gasteiger partial charge in [0.15, 0.2) is 0 Å². The number of aryl methyl sites for hydroxylation is 1. The molecular formula is C31H24O. The molecule has 0 aromatic heterocycles. The molecule has 5 aromatic carbocycles. The largest absolute Gasteiger partial charge is 0.457 e. The van der Waals surface area contributed by atoms with Crippen LogP contribution in [0, 0.1) is 6.92 Å². The molecule has 0 saturated heterocycles. The van der Waals surface area contributed by atoms with Gasteiger partial charge in [-0.25, -0.2) is 0 Å². The maximum absolute atomic E-state index is 5.93. The summed E-state index contributed by atoms with van der Waals surface area (Å²) in [6, 6.07) is 44.2. The summed E-state index contributed by atoms with van der Waals surface area (Å²) in [7, 11) is 0. The van der Waals surface area contributed by atoms with E-state index in [1.165, 1.54) is 38.9 Å². The summed E-state index contributed by atoms with van der Waals surface area (Å²) in [5, 5.41) is 0. The molecule has 1 nitrogen and oxygen atoms in total. The highest BCUT2D eigenvalue weighted by Crippen LogP contribution is 2.31. The van der Waals surface area contributed by atoms with E-state index >= 15 is 0 Å². The topological polar surface area (TPSA) is 9.23 Å². The molecular weight excluding hydrogens is 388 g/mol. The lowest BCUT2D eigenvalue weighted by atomic mass is 9.96. The van der Waals surface area contributed by atoms with Gasteiger partial charge in [0.1, 0.15) is 11.5 Å². The molecule has 0 radical (unpaired) electrons. The summed E-state index contributed by atoms with van der Waals surface area (Å²) < 4.78 is 5.93. The van der Waals surface area contributed by atoms with E-state index < -0.39 is 0 Å². The van der Waals surface area contributed by atoms with Gasteiger partial charge in [-0.05, 0) is 76.7 Å². The Balaban J connectivity index is 1.41. The molecule has 0 aliphatic rings. The zero-order chi connectivity index (χ0) is 21.8. The summed E-state index contributed by atoms with van der Waals surface area (Å²) in [6.45, 7) is 2.13. The van der Waals surface area contributed by atoms with Crippen LogP contribution >= 0.6 is 0 Å². The van der Waals surface area contributed by atoms with E-state index in [2.05, 4.69) is 91.9 Å². The van der Waals surface area contributed by atoms with Crippen molar-refractivity contribution in [1.82, 2.24) is 0 Å². The number of hydrogen-bond acceptors (Lipinski definition) is 1. The van der Waals surface area contributed by atoms with Crippen molar-refractivity contribution in [2.75, 3.05) is 0 Å². The Labute approximate surface area is 189 Å². The fraction of sp³-hybridized carbons (Fsp3) is 0.0323. The highest BCUT2D eigenvalue weighted by molar-refractivity contribution is 5.77. The first-order valence-electron chi connectivity index (χ1n) is 10.9. The first-order chi connectivity index (χ1) is 15.7.